The Morgan fingerprint density at radius 3 is 2.65 bits per heavy atom. The summed E-state index contributed by atoms with van der Waals surface area (Å²) in [5, 5.41) is 0. The van der Waals surface area contributed by atoms with E-state index < -0.39 is 0 Å². The topological polar surface area (TPSA) is 32.3 Å². The lowest BCUT2D eigenvalue weighted by Gasteiger charge is -2.35. The molecule has 1 fully saturated rings. The minimum absolute atomic E-state index is 1.01. The van der Waals surface area contributed by atoms with Crippen molar-refractivity contribution >= 4 is 21.7 Å². The molecule has 1 aliphatic rings. The van der Waals surface area contributed by atoms with E-state index in [4.69, 9.17) is 0 Å². The molecule has 1 aliphatic heterocycles. The maximum Gasteiger partial charge on any atom is 0.131 e. The first-order valence-electron chi connectivity index (χ1n) is 6.79. The van der Waals surface area contributed by atoms with Gasteiger partial charge in [-0.05, 0) is 23.8 Å². The fourth-order valence-corrected chi connectivity index (χ4v) is 2.95. The predicted molar refractivity (Wildman–Crippen MR) is 83.7 cm³/mol. The Balaban J connectivity index is 1.56. The molecular formula is C15H17BrN4. The SMILES string of the molecule is Brc1cccc(CN2CCN(c3ccncn3)CC2)c1. The second kappa shape index (κ2) is 6.33. The van der Waals surface area contributed by atoms with Crippen LogP contribution in [0.3, 0.4) is 0 Å². The largest absolute Gasteiger partial charge is 0.354 e. The van der Waals surface area contributed by atoms with Crippen LogP contribution in [0.1, 0.15) is 5.56 Å². The molecule has 0 spiro atoms. The van der Waals surface area contributed by atoms with Crippen molar-refractivity contribution in [3.8, 4) is 0 Å². The molecule has 0 atom stereocenters. The molecule has 1 aromatic carbocycles. The molecule has 20 heavy (non-hydrogen) atoms. The fourth-order valence-electron chi connectivity index (χ4n) is 2.50. The van der Waals surface area contributed by atoms with Crippen molar-refractivity contribution in [2.45, 2.75) is 6.54 Å². The molecule has 1 aromatic heterocycles. The van der Waals surface area contributed by atoms with E-state index in [9.17, 15) is 0 Å². The van der Waals surface area contributed by atoms with Gasteiger partial charge in [0.25, 0.3) is 0 Å². The van der Waals surface area contributed by atoms with E-state index in [1.807, 2.05) is 6.07 Å². The van der Waals surface area contributed by atoms with Crippen LogP contribution in [-0.4, -0.2) is 41.0 Å². The summed E-state index contributed by atoms with van der Waals surface area (Å²) >= 11 is 3.53. The van der Waals surface area contributed by atoms with Crippen LogP contribution < -0.4 is 4.90 Å². The van der Waals surface area contributed by atoms with Crippen molar-refractivity contribution in [3.05, 3.63) is 52.9 Å². The van der Waals surface area contributed by atoms with Crippen molar-refractivity contribution in [2.75, 3.05) is 31.1 Å². The van der Waals surface area contributed by atoms with E-state index in [1.165, 1.54) is 5.56 Å². The smallest absolute Gasteiger partial charge is 0.131 e. The molecule has 2 heterocycles. The van der Waals surface area contributed by atoms with E-state index in [0.29, 0.717) is 0 Å². The number of piperazine rings is 1. The Morgan fingerprint density at radius 2 is 1.95 bits per heavy atom. The summed E-state index contributed by atoms with van der Waals surface area (Å²) in [6, 6.07) is 10.5. The van der Waals surface area contributed by atoms with E-state index in [1.54, 1.807) is 12.5 Å². The molecule has 0 unspecified atom stereocenters. The summed E-state index contributed by atoms with van der Waals surface area (Å²) in [6.45, 7) is 5.18. The zero-order chi connectivity index (χ0) is 13.8. The van der Waals surface area contributed by atoms with Crippen molar-refractivity contribution in [1.29, 1.82) is 0 Å². The molecule has 104 valence electrons. The standard InChI is InChI=1S/C15H17BrN4/c16-14-3-1-2-13(10-14)11-19-6-8-20(9-7-19)15-4-5-17-12-18-15/h1-5,10,12H,6-9,11H2. The minimum atomic E-state index is 1.01. The van der Waals surface area contributed by atoms with Gasteiger partial charge in [0.05, 0.1) is 0 Å². The third-order valence-electron chi connectivity index (χ3n) is 3.56. The van der Waals surface area contributed by atoms with Gasteiger partial charge in [0.2, 0.25) is 0 Å². The van der Waals surface area contributed by atoms with Crippen LogP contribution in [0.4, 0.5) is 5.82 Å². The average molecular weight is 333 g/mol. The summed E-state index contributed by atoms with van der Waals surface area (Å²) in [7, 11) is 0. The number of hydrogen-bond acceptors (Lipinski definition) is 4. The second-order valence-electron chi connectivity index (χ2n) is 4.96. The second-order valence-corrected chi connectivity index (χ2v) is 5.88. The Labute approximate surface area is 127 Å². The van der Waals surface area contributed by atoms with E-state index >= 15 is 0 Å². The highest BCUT2D eigenvalue weighted by Crippen LogP contribution is 2.16. The number of rotatable bonds is 3. The van der Waals surface area contributed by atoms with Gasteiger partial charge in [-0.2, -0.15) is 0 Å². The minimum Gasteiger partial charge on any atom is -0.354 e. The molecule has 3 rings (SSSR count). The van der Waals surface area contributed by atoms with Gasteiger partial charge in [-0.1, -0.05) is 28.1 Å². The Bertz CT molecular complexity index is 553. The molecular weight excluding hydrogens is 316 g/mol. The van der Waals surface area contributed by atoms with E-state index in [0.717, 1.165) is 43.0 Å². The first-order chi connectivity index (χ1) is 9.81. The summed E-state index contributed by atoms with van der Waals surface area (Å²) < 4.78 is 1.15. The number of benzene rings is 1. The van der Waals surface area contributed by atoms with Crippen molar-refractivity contribution < 1.29 is 0 Å². The van der Waals surface area contributed by atoms with E-state index in [2.05, 4.69) is 60.0 Å². The molecule has 0 amide bonds. The molecule has 4 nitrogen and oxygen atoms in total. The third kappa shape index (κ3) is 3.35. The van der Waals surface area contributed by atoms with E-state index in [-0.39, 0.29) is 0 Å². The van der Waals surface area contributed by atoms with Gasteiger partial charge in [-0.25, -0.2) is 9.97 Å². The van der Waals surface area contributed by atoms with Crippen LogP contribution in [0, 0.1) is 0 Å². The number of anilines is 1. The monoisotopic (exact) mass is 332 g/mol. The lowest BCUT2D eigenvalue weighted by atomic mass is 10.2. The molecule has 2 aromatic rings. The first-order valence-corrected chi connectivity index (χ1v) is 7.58. The molecule has 0 bridgehead atoms. The van der Waals surface area contributed by atoms with Crippen LogP contribution in [0.5, 0.6) is 0 Å². The van der Waals surface area contributed by atoms with Crippen molar-refractivity contribution in [3.63, 3.8) is 0 Å². The highest BCUT2D eigenvalue weighted by molar-refractivity contribution is 9.10. The van der Waals surface area contributed by atoms with Crippen LogP contribution >= 0.6 is 15.9 Å². The summed E-state index contributed by atoms with van der Waals surface area (Å²) in [4.78, 5) is 13.1. The maximum atomic E-state index is 4.31. The molecule has 0 N–H and O–H groups in total. The first kappa shape index (κ1) is 13.5. The highest BCUT2D eigenvalue weighted by atomic mass is 79.9. The zero-order valence-corrected chi connectivity index (χ0v) is 12.8. The van der Waals surface area contributed by atoms with Crippen LogP contribution in [0.15, 0.2) is 47.3 Å². The predicted octanol–water partition coefficient (Wildman–Crippen LogP) is 2.56. The molecule has 0 radical (unpaired) electrons. The zero-order valence-electron chi connectivity index (χ0n) is 11.2. The quantitative estimate of drug-likeness (QED) is 0.864. The normalized spacial score (nSPS) is 16.4. The van der Waals surface area contributed by atoms with Crippen LogP contribution in [0.2, 0.25) is 0 Å². The lowest BCUT2D eigenvalue weighted by molar-refractivity contribution is 0.249. The van der Waals surface area contributed by atoms with Crippen molar-refractivity contribution in [2.24, 2.45) is 0 Å². The van der Waals surface area contributed by atoms with Gasteiger partial charge in [0.15, 0.2) is 0 Å². The van der Waals surface area contributed by atoms with Gasteiger partial charge >= 0.3 is 0 Å². The number of halogens is 1. The molecule has 0 aliphatic carbocycles. The van der Waals surface area contributed by atoms with Gasteiger partial charge < -0.3 is 4.90 Å². The molecule has 5 heteroatoms. The summed E-state index contributed by atoms with van der Waals surface area (Å²) in [5.74, 6) is 1.03. The Kier molecular flexibility index (Phi) is 4.28. The lowest BCUT2D eigenvalue weighted by Crippen LogP contribution is -2.46. The summed E-state index contributed by atoms with van der Waals surface area (Å²) in [6.07, 6.45) is 3.42. The Hall–Kier alpha value is -1.46. The number of nitrogens with zero attached hydrogens (tertiary/aromatic N) is 4. The number of hydrogen-bond donors (Lipinski definition) is 0. The van der Waals surface area contributed by atoms with Gasteiger partial charge in [-0.15, -0.1) is 0 Å². The summed E-state index contributed by atoms with van der Waals surface area (Å²) in [5.41, 5.74) is 1.36. The van der Waals surface area contributed by atoms with Gasteiger partial charge in [-0.3, -0.25) is 4.90 Å². The maximum absolute atomic E-state index is 4.31. The van der Waals surface area contributed by atoms with Gasteiger partial charge in [0, 0.05) is 43.4 Å². The highest BCUT2D eigenvalue weighted by Gasteiger charge is 2.17. The van der Waals surface area contributed by atoms with Crippen LogP contribution in [0.25, 0.3) is 0 Å². The number of aromatic nitrogens is 2. The molecule has 0 saturated carbocycles. The third-order valence-corrected chi connectivity index (χ3v) is 4.05. The average Bonchev–Trinajstić information content (AvgIpc) is 2.49. The van der Waals surface area contributed by atoms with Gasteiger partial charge in [0.1, 0.15) is 12.1 Å². The van der Waals surface area contributed by atoms with Crippen molar-refractivity contribution in [1.82, 2.24) is 14.9 Å². The fraction of sp³-hybridized carbons (Fsp3) is 0.333. The Morgan fingerprint density at radius 1 is 1.10 bits per heavy atom. The molecule has 1 saturated heterocycles. The van der Waals surface area contributed by atoms with Crippen LogP contribution in [-0.2, 0) is 6.54 Å².